The van der Waals surface area contributed by atoms with Crippen molar-refractivity contribution in [3.63, 3.8) is 0 Å². The lowest BCUT2D eigenvalue weighted by atomic mass is 9.50. The van der Waals surface area contributed by atoms with Gasteiger partial charge in [-0.2, -0.15) is 0 Å². The standard InChI is InChI=1S/C42H36N4O2/c47-39(43-24-37-33-13-5-1-9-29(33)18-30-10-2-6-14-34(30)37)45-41-20-27-17-28(21-41)23-42(22-27,26-41)46-40(48)44-25-38-35-15-7-3-11-31(35)19-32-12-4-8-16-36(32)38/h1-16,18-19,24-25,27-28H,17,20-23,26H2,(H,45,47)(H,46,48)/b43-24+,44-25+. The van der Waals surface area contributed by atoms with Crippen LogP contribution in [0.5, 0.6) is 0 Å². The molecule has 6 nitrogen and oxygen atoms in total. The highest BCUT2D eigenvalue weighted by Crippen LogP contribution is 2.57. The van der Waals surface area contributed by atoms with Crippen molar-refractivity contribution in [2.24, 2.45) is 21.8 Å². The third kappa shape index (κ3) is 5.03. The number of hydrogen-bond acceptors (Lipinski definition) is 2. The van der Waals surface area contributed by atoms with Gasteiger partial charge in [0.2, 0.25) is 0 Å². The molecule has 4 saturated carbocycles. The summed E-state index contributed by atoms with van der Waals surface area (Å²) in [5.41, 5.74) is 1.12. The van der Waals surface area contributed by atoms with Crippen LogP contribution in [-0.4, -0.2) is 35.6 Å². The van der Waals surface area contributed by atoms with E-state index in [1.165, 1.54) is 0 Å². The van der Waals surface area contributed by atoms with Gasteiger partial charge >= 0.3 is 12.1 Å². The van der Waals surface area contributed by atoms with Crippen molar-refractivity contribution in [1.29, 1.82) is 0 Å². The maximum Gasteiger partial charge on any atom is 0.341 e. The summed E-state index contributed by atoms with van der Waals surface area (Å²) in [6.07, 6.45) is 8.98. The Labute approximate surface area is 279 Å². The summed E-state index contributed by atoms with van der Waals surface area (Å²) in [5, 5.41) is 15.5. The summed E-state index contributed by atoms with van der Waals surface area (Å²) in [5.74, 6) is 0.896. The number of nitrogens with one attached hydrogen (secondary N) is 2. The fourth-order valence-electron chi connectivity index (χ4n) is 9.70. The van der Waals surface area contributed by atoms with Gasteiger partial charge in [-0.05, 0) is 106 Å². The van der Waals surface area contributed by atoms with E-state index >= 15 is 0 Å². The number of carbonyl (C=O) groups is 2. The molecule has 0 atom stereocenters. The van der Waals surface area contributed by atoms with Gasteiger partial charge in [0.25, 0.3) is 0 Å². The predicted octanol–water partition coefficient (Wildman–Crippen LogP) is 9.35. The second kappa shape index (κ2) is 11.1. The lowest BCUT2D eigenvalue weighted by Gasteiger charge is -2.61. The highest BCUT2D eigenvalue weighted by molar-refractivity contribution is 6.15. The van der Waals surface area contributed by atoms with Crippen molar-refractivity contribution in [1.82, 2.24) is 10.6 Å². The summed E-state index contributed by atoms with van der Waals surface area (Å²) < 4.78 is 0. The van der Waals surface area contributed by atoms with Gasteiger partial charge in [0, 0.05) is 34.6 Å². The molecule has 0 heterocycles. The zero-order valence-electron chi connectivity index (χ0n) is 26.7. The van der Waals surface area contributed by atoms with Gasteiger partial charge in [0.05, 0.1) is 0 Å². The first-order valence-electron chi connectivity index (χ1n) is 17.0. The third-order valence-corrected chi connectivity index (χ3v) is 11.1. The normalized spacial score (nSPS) is 24.8. The lowest BCUT2D eigenvalue weighted by molar-refractivity contribution is -0.0403. The molecular weight excluding hydrogens is 592 g/mol. The Kier molecular flexibility index (Phi) is 6.68. The molecule has 4 aliphatic carbocycles. The molecule has 0 spiro atoms. The molecule has 48 heavy (non-hydrogen) atoms. The number of fused-ring (bicyclic) bond motifs is 4. The first-order valence-corrected chi connectivity index (χ1v) is 17.0. The third-order valence-electron chi connectivity index (χ3n) is 11.1. The highest BCUT2D eigenvalue weighted by Gasteiger charge is 2.58. The Bertz CT molecular complexity index is 2060. The van der Waals surface area contributed by atoms with Crippen LogP contribution in [0.25, 0.3) is 43.1 Å². The Morgan fingerprint density at radius 2 is 0.875 bits per heavy atom. The van der Waals surface area contributed by atoms with Crippen LogP contribution in [0, 0.1) is 11.8 Å². The molecule has 0 saturated heterocycles. The van der Waals surface area contributed by atoms with Gasteiger partial charge in [-0.3, -0.25) is 0 Å². The number of rotatable bonds is 4. The molecular formula is C42H36N4O2. The SMILES string of the molecule is O=C(/N=C/c1c2ccccc2cc2ccccc12)NC12CC3CC(C1)CC(NC(=O)/N=C/c1c4ccccc4cc4ccccc14)(C3)C2. The zero-order valence-corrected chi connectivity index (χ0v) is 26.7. The van der Waals surface area contributed by atoms with Crippen molar-refractivity contribution in [2.45, 2.75) is 49.6 Å². The van der Waals surface area contributed by atoms with Crippen LogP contribution in [0.3, 0.4) is 0 Å². The van der Waals surface area contributed by atoms with Gasteiger partial charge in [-0.15, -0.1) is 0 Å². The quantitative estimate of drug-likeness (QED) is 0.151. The summed E-state index contributed by atoms with van der Waals surface area (Å²) in [6, 6.07) is 36.6. The van der Waals surface area contributed by atoms with Crippen LogP contribution in [0.1, 0.15) is 49.7 Å². The summed E-state index contributed by atoms with van der Waals surface area (Å²) in [7, 11) is 0. The fourth-order valence-corrected chi connectivity index (χ4v) is 9.70. The first-order chi connectivity index (χ1) is 23.4. The first kappa shape index (κ1) is 28.8. The molecule has 0 aromatic heterocycles. The molecule has 2 N–H and O–H groups in total. The largest absolute Gasteiger partial charge is 0.341 e. The maximum absolute atomic E-state index is 13.6. The number of carbonyl (C=O) groups excluding carboxylic acids is 2. The molecule has 10 rings (SSSR count). The molecule has 0 unspecified atom stereocenters. The average molecular weight is 629 g/mol. The van der Waals surface area contributed by atoms with Gasteiger partial charge < -0.3 is 10.6 Å². The minimum atomic E-state index is -0.387. The van der Waals surface area contributed by atoms with Gasteiger partial charge in [-0.25, -0.2) is 19.6 Å². The van der Waals surface area contributed by atoms with E-state index in [-0.39, 0.29) is 23.1 Å². The number of amides is 4. The van der Waals surface area contributed by atoms with E-state index in [1.54, 1.807) is 12.4 Å². The topological polar surface area (TPSA) is 82.9 Å². The highest BCUT2D eigenvalue weighted by atomic mass is 16.2. The Morgan fingerprint density at radius 1 is 0.542 bits per heavy atom. The number of benzene rings is 6. The van der Waals surface area contributed by atoms with Crippen molar-refractivity contribution in [3.8, 4) is 0 Å². The summed E-state index contributed by atoms with van der Waals surface area (Å²) in [4.78, 5) is 36.1. The zero-order chi connectivity index (χ0) is 32.3. The molecule has 236 valence electrons. The summed E-state index contributed by atoms with van der Waals surface area (Å²) >= 11 is 0. The van der Waals surface area contributed by atoms with Crippen molar-refractivity contribution in [3.05, 3.63) is 120 Å². The van der Waals surface area contributed by atoms with Gasteiger partial charge in [-0.1, -0.05) is 97.1 Å². The Morgan fingerprint density at radius 3 is 1.23 bits per heavy atom. The van der Waals surface area contributed by atoms with Gasteiger partial charge in [0.15, 0.2) is 0 Å². The van der Waals surface area contributed by atoms with E-state index < -0.39 is 0 Å². The van der Waals surface area contributed by atoms with E-state index in [4.69, 9.17) is 0 Å². The molecule has 6 aromatic rings. The monoisotopic (exact) mass is 628 g/mol. The van der Waals surface area contributed by atoms with E-state index in [9.17, 15) is 9.59 Å². The van der Waals surface area contributed by atoms with E-state index in [1.807, 2.05) is 48.5 Å². The van der Waals surface area contributed by atoms with Crippen LogP contribution in [-0.2, 0) is 0 Å². The Balaban J connectivity index is 0.966. The van der Waals surface area contributed by atoms with Crippen LogP contribution < -0.4 is 10.6 Å². The number of hydrogen-bond donors (Lipinski definition) is 2. The minimum Gasteiger partial charge on any atom is -0.331 e. The predicted molar refractivity (Wildman–Crippen MR) is 195 cm³/mol. The summed E-state index contributed by atoms with van der Waals surface area (Å²) in [6.45, 7) is 0. The molecule has 4 bridgehead atoms. The van der Waals surface area contributed by atoms with Gasteiger partial charge in [0.1, 0.15) is 0 Å². The number of aliphatic imine (C=N–C) groups is 2. The molecule has 6 heteroatoms. The molecule has 4 aliphatic rings. The molecule has 4 amide bonds. The van der Waals surface area contributed by atoms with Crippen molar-refractivity contribution >= 4 is 67.6 Å². The smallest absolute Gasteiger partial charge is 0.331 e. The van der Waals surface area contributed by atoms with Crippen LogP contribution in [0.4, 0.5) is 9.59 Å². The fraction of sp³-hybridized carbons (Fsp3) is 0.238. The lowest BCUT2D eigenvalue weighted by Crippen LogP contribution is -2.69. The minimum absolute atomic E-state index is 0.323. The molecule has 4 fully saturated rings. The van der Waals surface area contributed by atoms with Crippen LogP contribution in [0.15, 0.2) is 119 Å². The molecule has 6 aromatic carbocycles. The molecule has 0 radical (unpaired) electrons. The molecule has 0 aliphatic heterocycles. The van der Waals surface area contributed by atoms with Crippen molar-refractivity contribution < 1.29 is 9.59 Å². The maximum atomic E-state index is 13.6. The van der Waals surface area contributed by atoms with E-state index in [2.05, 4.69) is 81.3 Å². The van der Waals surface area contributed by atoms with E-state index in [0.29, 0.717) is 18.3 Å². The van der Waals surface area contributed by atoms with Crippen LogP contribution in [0.2, 0.25) is 0 Å². The number of urea groups is 2. The number of nitrogens with zero attached hydrogens (tertiary/aromatic N) is 2. The van der Waals surface area contributed by atoms with Crippen molar-refractivity contribution in [2.75, 3.05) is 0 Å². The van der Waals surface area contributed by atoms with Crippen LogP contribution >= 0.6 is 0 Å². The second-order valence-corrected chi connectivity index (χ2v) is 14.4. The second-order valence-electron chi connectivity index (χ2n) is 14.4. The van der Waals surface area contributed by atoms with E-state index in [0.717, 1.165) is 86.3 Å². The average Bonchev–Trinajstić information content (AvgIpc) is 3.07. The Hall–Kier alpha value is -5.36.